The van der Waals surface area contributed by atoms with E-state index in [0.29, 0.717) is 13.1 Å². The van der Waals surface area contributed by atoms with Crippen molar-refractivity contribution in [3.8, 4) is 0 Å². The van der Waals surface area contributed by atoms with Crippen molar-refractivity contribution in [1.29, 1.82) is 0 Å². The van der Waals surface area contributed by atoms with Crippen LogP contribution >= 0.6 is 0 Å². The van der Waals surface area contributed by atoms with Gasteiger partial charge in [0, 0.05) is 19.8 Å². The largest absolute Gasteiger partial charge is 0.566 e. The lowest BCUT2D eigenvalue weighted by Gasteiger charge is -2.45. The minimum atomic E-state index is -0.250. The Hall–Kier alpha value is -1.51. The van der Waals surface area contributed by atoms with Gasteiger partial charge in [-0.3, -0.25) is 0 Å². The van der Waals surface area contributed by atoms with Crippen molar-refractivity contribution < 1.29 is 8.96 Å². The fourth-order valence-corrected chi connectivity index (χ4v) is 4.14. The zero-order valence-electron chi connectivity index (χ0n) is 12.4. The topological polar surface area (TPSA) is 9.23 Å². The number of hydrogen-bond acceptors (Lipinski definition) is 1. The first-order chi connectivity index (χ1) is 10.7. The second-order valence-corrected chi connectivity index (χ2v) is 6.08. The van der Waals surface area contributed by atoms with Crippen LogP contribution in [0.4, 0.5) is 0 Å². The lowest BCUT2D eigenvalue weighted by atomic mass is 9.75. The standard InChI is InChI=1S/C18H23B2NO/c1-20-21(19)14-8-13-17(21)18(22-20,15-9-4-2-5-10-15)16-11-6-3-7-12-16/h2-7,9-12,17H,8,13-14H2,1,19H3/t17-,21+/m0/s1. The SMILES string of the molecule is [BH3-][N@@+]12CCC[C@H]1C(c1ccccc1)(c1ccccc1)OB2C. The maximum absolute atomic E-state index is 6.83. The van der Waals surface area contributed by atoms with E-state index in [9.17, 15) is 0 Å². The van der Waals surface area contributed by atoms with Crippen molar-refractivity contribution in [2.45, 2.75) is 31.3 Å². The number of benzene rings is 2. The molecule has 2 heterocycles. The minimum absolute atomic E-state index is 0.171. The Labute approximate surface area is 134 Å². The summed E-state index contributed by atoms with van der Waals surface area (Å²) in [6.45, 7) is 3.63. The van der Waals surface area contributed by atoms with Crippen LogP contribution in [-0.2, 0) is 10.3 Å². The fourth-order valence-electron chi connectivity index (χ4n) is 4.14. The predicted molar refractivity (Wildman–Crippen MR) is 94.5 cm³/mol. The molecule has 2 saturated heterocycles. The molecule has 2 fully saturated rings. The van der Waals surface area contributed by atoms with Crippen molar-refractivity contribution in [3.05, 3.63) is 71.8 Å². The van der Waals surface area contributed by atoms with Crippen molar-refractivity contribution in [2.75, 3.05) is 6.54 Å². The van der Waals surface area contributed by atoms with Crippen molar-refractivity contribution in [1.82, 2.24) is 0 Å². The van der Waals surface area contributed by atoms with Crippen LogP contribution in [0.25, 0.3) is 0 Å². The summed E-state index contributed by atoms with van der Waals surface area (Å²) in [4.78, 5) is 0. The Balaban J connectivity index is 1.95. The highest BCUT2D eigenvalue weighted by atomic mass is 16.5. The van der Waals surface area contributed by atoms with E-state index in [0.717, 1.165) is 0 Å². The molecule has 2 aliphatic heterocycles. The third-order valence-electron chi connectivity index (χ3n) is 4.99. The number of nitrogens with zero attached hydrogens (tertiary/aromatic N) is 1. The number of quaternary nitrogens is 1. The Bertz CT molecular complexity index is 624. The normalized spacial score (nSPS) is 29.5. The van der Waals surface area contributed by atoms with Crippen molar-refractivity contribution in [2.24, 2.45) is 0 Å². The number of hydrogen-bond donors (Lipinski definition) is 0. The molecule has 0 N–H and O–H groups in total. The molecule has 0 bridgehead atoms. The average molecular weight is 291 g/mol. The zero-order valence-corrected chi connectivity index (χ0v) is 12.4. The van der Waals surface area contributed by atoms with Gasteiger partial charge in [-0.1, -0.05) is 60.7 Å². The third kappa shape index (κ3) is 1.77. The van der Waals surface area contributed by atoms with E-state index in [1.54, 1.807) is 0 Å². The van der Waals surface area contributed by atoms with Crippen LogP contribution in [0.5, 0.6) is 0 Å². The number of rotatable bonds is 2. The molecule has 0 amide bonds. The van der Waals surface area contributed by atoms with Gasteiger partial charge in [0.2, 0.25) is 0 Å². The predicted octanol–water partition coefficient (Wildman–Crippen LogP) is 2.34. The monoisotopic (exact) mass is 291 g/mol. The molecule has 0 spiro atoms. The van der Waals surface area contributed by atoms with E-state index in [1.807, 2.05) is 0 Å². The van der Waals surface area contributed by atoms with Gasteiger partial charge in [-0.25, -0.2) is 0 Å². The second kappa shape index (κ2) is 5.00. The van der Waals surface area contributed by atoms with Crippen molar-refractivity contribution >= 4 is 15.0 Å². The molecule has 2 aromatic rings. The maximum atomic E-state index is 6.83. The van der Waals surface area contributed by atoms with Gasteiger partial charge in [0.1, 0.15) is 0 Å². The molecule has 0 aromatic heterocycles. The van der Waals surface area contributed by atoms with Gasteiger partial charge < -0.3 is 8.96 Å². The summed E-state index contributed by atoms with van der Waals surface area (Å²) in [5, 5.41) is 0. The maximum Gasteiger partial charge on any atom is 0.525 e. The van der Waals surface area contributed by atoms with E-state index in [2.05, 4.69) is 67.5 Å². The molecule has 0 saturated carbocycles. The molecule has 2 atom stereocenters. The summed E-state index contributed by atoms with van der Waals surface area (Å²) in [6.07, 6.45) is 2.64. The smallest absolute Gasteiger partial charge is 0.525 e. The first kappa shape index (κ1) is 14.1. The first-order valence-corrected chi connectivity index (χ1v) is 7.87. The van der Waals surface area contributed by atoms with Crippen LogP contribution in [0.15, 0.2) is 60.7 Å². The van der Waals surface area contributed by atoms with Crippen LogP contribution in [0, 0.1) is 0 Å². The summed E-state index contributed by atoms with van der Waals surface area (Å²) in [7, 11) is 0.512. The van der Waals surface area contributed by atoms with E-state index >= 15 is 0 Å². The molecular formula is C18H23B2NO. The van der Waals surface area contributed by atoms with Gasteiger partial charge in [0.05, 0.1) is 6.04 Å². The van der Waals surface area contributed by atoms with E-state index < -0.39 is 0 Å². The highest BCUT2D eigenvalue weighted by molar-refractivity contribution is 6.47. The Morgan fingerprint density at radius 2 is 1.59 bits per heavy atom. The summed E-state index contributed by atoms with van der Waals surface area (Å²) in [5.41, 5.74) is 2.42. The zero-order chi connectivity index (χ0) is 15.2. The molecule has 2 aliphatic rings. The van der Waals surface area contributed by atoms with Crippen LogP contribution in [0.3, 0.4) is 0 Å². The van der Waals surface area contributed by atoms with Gasteiger partial charge in [-0.05, 0) is 17.5 Å². The molecule has 0 aliphatic carbocycles. The van der Waals surface area contributed by atoms with Crippen LogP contribution in [0.1, 0.15) is 24.0 Å². The lowest BCUT2D eigenvalue weighted by molar-refractivity contribution is -0.716. The summed E-state index contributed by atoms with van der Waals surface area (Å²) < 4.78 is 8.11. The fraction of sp³-hybridized carbons (Fsp3) is 0.333. The van der Waals surface area contributed by atoms with Crippen LogP contribution in [-0.4, -0.2) is 31.9 Å². The highest BCUT2D eigenvalue weighted by Gasteiger charge is 2.62. The Kier molecular flexibility index (Phi) is 3.21. The molecule has 2 aromatic carbocycles. The Morgan fingerprint density at radius 3 is 2.14 bits per heavy atom. The Morgan fingerprint density at radius 1 is 1.05 bits per heavy atom. The molecule has 0 radical (unpaired) electrons. The van der Waals surface area contributed by atoms with E-state index in [4.69, 9.17) is 4.65 Å². The lowest BCUT2D eigenvalue weighted by Crippen LogP contribution is -2.55. The van der Waals surface area contributed by atoms with Crippen LogP contribution in [0.2, 0.25) is 6.82 Å². The van der Waals surface area contributed by atoms with Crippen molar-refractivity contribution in [3.63, 3.8) is 0 Å². The molecule has 4 rings (SSSR count). The molecule has 0 unspecified atom stereocenters. The molecule has 112 valence electrons. The molecular weight excluding hydrogens is 268 g/mol. The van der Waals surface area contributed by atoms with Crippen LogP contribution < -0.4 is 0 Å². The quantitative estimate of drug-likeness (QED) is 0.772. The van der Waals surface area contributed by atoms with Gasteiger partial charge in [-0.15, -0.1) is 0 Å². The summed E-state index contributed by atoms with van der Waals surface area (Å²) >= 11 is 0. The highest BCUT2D eigenvalue weighted by Crippen LogP contribution is 2.51. The van der Waals surface area contributed by atoms with Gasteiger partial charge in [0.25, 0.3) is 0 Å². The average Bonchev–Trinajstić information content (AvgIpc) is 3.06. The van der Waals surface area contributed by atoms with Gasteiger partial charge in [0.15, 0.2) is 13.6 Å². The first-order valence-electron chi connectivity index (χ1n) is 7.87. The second-order valence-electron chi connectivity index (χ2n) is 6.08. The minimum Gasteiger partial charge on any atom is -0.566 e. The summed E-state index contributed by atoms with van der Waals surface area (Å²) in [5.74, 6) is 0. The molecule has 22 heavy (non-hydrogen) atoms. The van der Waals surface area contributed by atoms with Gasteiger partial charge in [-0.2, -0.15) is 0 Å². The third-order valence-corrected chi connectivity index (χ3v) is 4.99. The van der Waals surface area contributed by atoms with Gasteiger partial charge >= 0.3 is 7.05 Å². The number of fused-ring (bicyclic) bond motifs is 1. The van der Waals surface area contributed by atoms with E-state index in [-0.39, 0.29) is 13.6 Å². The molecule has 2 nitrogen and oxygen atoms in total. The summed E-state index contributed by atoms with van der Waals surface area (Å²) in [6, 6.07) is 22.4. The molecule has 4 heteroatoms. The van der Waals surface area contributed by atoms with E-state index in [1.165, 1.54) is 34.8 Å².